The molecule has 1 atom stereocenters. The molecule has 0 aliphatic carbocycles. The molecule has 13 heteroatoms. The molecule has 4 heterocycles. The van der Waals surface area contributed by atoms with Crippen molar-refractivity contribution in [2.45, 2.75) is 84.6 Å². The van der Waals surface area contributed by atoms with Crippen LogP contribution < -0.4 is 15.1 Å². The number of carbonyl (C=O) groups excluding carboxylic acids is 1. The average molecular weight is 629 g/mol. The third-order valence-electron chi connectivity index (χ3n) is 7.26. The standard InChI is InChI=1S/C27H42N8O4.C5H7F/c1-7-14-37-18-23-31-26(39-32-23)34-12-9-22(10-13-34)33(6)24(36)20-15-28-25(29-16-20)35-11-8-21(17-35)30-19(2)38-27(3,4)5;1-3-5(6)4-2/h15-16,21-22,30H,2,7-14,17-18H2,1,3-6H3;3-4H,1H2,2H3/b;5-4+. The van der Waals surface area contributed by atoms with Gasteiger partial charge >= 0.3 is 6.01 Å². The number of allylic oxidation sites excluding steroid dienone is 3. The molecule has 1 amide bonds. The number of aromatic nitrogens is 4. The first-order valence-corrected chi connectivity index (χ1v) is 15.5. The van der Waals surface area contributed by atoms with E-state index >= 15 is 0 Å². The van der Waals surface area contributed by atoms with Crippen LogP contribution in [0.4, 0.5) is 16.4 Å². The van der Waals surface area contributed by atoms with Crippen LogP contribution in [0.25, 0.3) is 0 Å². The van der Waals surface area contributed by atoms with E-state index in [0.717, 1.165) is 51.9 Å². The minimum absolute atomic E-state index is 0.0789. The molecule has 0 radical (unpaired) electrons. The molecule has 2 aromatic rings. The molecule has 0 spiro atoms. The molecule has 0 bridgehead atoms. The Morgan fingerprint density at radius 1 is 1.20 bits per heavy atom. The Balaban J connectivity index is 0.000000838. The van der Waals surface area contributed by atoms with Crippen molar-refractivity contribution in [3.8, 4) is 0 Å². The van der Waals surface area contributed by atoms with Crippen molar-refractivity contribution in [2.75, 3.05) is 49.6 Å². The molecule has 0 aromatic carbocycles. The molecule has 248 valence electrons. The quantitative estimate of drug-likeness (QED) is 0.194. The molecular weight excluding hydrogens is 579 g/mol. The van der Waals surface area contributed by atoms with E-state index in [2.05, 4.69) is 55.3 Å². The number of piperidine rings is 1. The van der Waals surface area contributed by atoms with Crippen LogP contribution in [0.3, 0.4) is 0 Å². The van der Waals surface area contributed by atoms with E-state index in [0.29, 0.717) is 42.4 Å². The van der Waals surface area contributed by atoms with Gasteiger partial charge in [0.2, 0.25) is 5.95 Å². The monoisotopic (exact) mass is 628 g/mol. The third-order valence-corrected chi connectivity index (χ3v) is 7.26. The maximum Gasteiger partial charge on any atom is 0.324 e. The predicted octanol–water partition coefficient (Wildman–Crippen LogP) is 5.03. The molecule has 12 nitrogen and oxygen atoms in total. The summed E-state index contributed by atoms with van der Waals surface area (Å²) >= 11 is 0. The fraction of sp³-hybridized carbons (Fsp3) is 0.594. The summed E-state index contributed by atoms with van der Waals surface area (Å²) in [5.41, 5.74) is 0.192. The van der Waals surface area contributed by atoms with E-state index in [1.807, 2.05) is 27.8 Å². The lowest BCUT2D eigenvalue weighted by molar-refractivity contribution is 0.0390. The third kappa shape index (κ3) is 11.1. The van der Waals surface area contributed by atoms with Gasteiger partial charge in [-0.15, -0.1) is 0 Å². The SMILES string of the molecule is C=C(NC1CCN(c2ncc(C(=O)N(C)C3CCN(c4nc(COCCC)no4)CC3)cn2)C1)OC(C)(C)C.C=C/C(F)=C\C. The second-order valence-electron chi connectivity index (χ2n) is 12.0. The molecule has 4 rings (SSSR count). The van der Waals surface area contributed by atoms with E-state index in [-0.39, 0.29) is 29.4 Å². The van der Waals surface area contributed by atoms with Crippen molar-refractivity contribution in [2.24, 2.45) is 0 Å². The summed E-state index contributed by atoms with van der Waals surface area (Å²) in [5.74, 6) is 1.40. The topological polar surface area (TPSA) is 122 Å². The van der Waals surface area contributed by atoms with Crippen LogP contribution in [0.2, 0.25) is 0 Å². The first-order chi connectivity index (χ1) is 21.4. The van der Waals surface area contributed by atoms with Crippen molar-refractivity contribution in [3.63, 3.8) is 0 Å². The zero-order valence-electron chi connectivity index (χ0n) is 27.6. The van der Waals surface area contributed by atoms with E-state index in [1.165, 1.54) is 12.2 Å². The molecule has 2 aromatic heterocycles. The summed E-state index contributed by atoms with van der Waals surface area (Å²) in [6.45, 7) is 20.9. The molecule has 1 unspecified atom stereocenters. The van der Waals surface area contributed by atoms with Crippen molar-refractivity contribution in [1.29, 1.82) is 0 Å². The van der Waals surface area contributed by atoms with Gasteiger partial charge < -0.3 is 34.0 Å². The van der Waals surface area contributed by atoms with Crippen LogP contribution in [0.15, 0.2) is 53.9 Å². The van der Waals surface area contributed by atoms with Gasteiger partial charge in [-0.1, -0.05) is 24.7 Å². The Morgan fingerprint density at radius 3 is 2.44 bits per heavy atom. The highest BCUT2D eigenvalue weighted by Crippen LogP contribution is 2.23. The van der Waals surface area contributed by atoms with E-state index in [4.69, 9.17) is 14.0 Å². The van der Waals surface area contributed by atoms with Crippen molar-refractivity contribution >= 4 is 17.9 Å². The van der Waals surface area contributed by atoms with Gasteiger partial charge in [-0.3, -0.25) is 4.79 Å². The lowest BCUT2D eigenvalue weighted by Crippen LogP contribution is -2.45. The Kier molecular flexibility index (Phi) is 13.3. The maximum absolute atomic E-state index is 13.2. The van der Waals surface area contributed by atoms with Crippen LogP contribution in [0.1, 0.15) is 76.5 Å². The maximum atomic E-state index is 13.2. The summed E-state index contributed by atoms with van der Waals surface area (Å²) in [5, 5.41) is 7.35. The van der Waals surface area contributed by atoms with Crippen molar-refractivity contribution < 1.29 is 23.2 Å². The van der Waals surface area contributed by atoms with Gasteiger partial charge in [0.15, 0.2) is 11.7 Å². The normalized spacial score (nSPS) is 17.4. The van der Waals surface area contributed by atoms with Gasteiger partial charge in [-0.25, -0.2) is 14.4 Å². The molecule has 2 aliphatic heterocycles. The van der Waals surface area contributed by atoms with Gasteiger partial charge in [0, 0.05) is 64.3 Å². The van der Waals surface area contributed by atoms with Crippen LogP contribution in [0, 0.1) is 0 Å². The summed E-state index contributed by atoms with van der Waals surface area (Å²) in [6, 6.07) is 0.819. The molecule has 2 saturated heterocycles. The lowest BCUT2D eigenvalue weighted by atomic mass is 10.0. The minimum Gasteiger partial charge on any atom is -0.474 e. The van der Waals surface area contributed by atoms with Gasteiger partial charge in [0.25, 0.3) is 5.91 Å². The van der Waals surface area contributed by atoms with Gasteiger partial charge in [-0.05, 0) is 66.0 Å². The predicted molar refractivity (Wildman–Crippen MR) is 172 cm³/mol. The van der Waals surface area contributed by atoms with E-state index in [1.54, 1.807) is 24.2 Å². The smallest absolute Gasteiger partial charge is 0.324 e. The lowest BCUT2D eigenvalue weighted by Gasteiger charge is -2.35. The summed E-state index contributed by atoms with van der Waals surface area (Å²) in [7, 11) is 1.84. The Morgan fingerprint density at radius 2 is 1.87 bits per heavy atom. The first-order valence-electron chi connectivity index (χ1n) is 15.5. The van der Waals surface area contributed by atoms with E-state index in [9.17, 15) is 9.18 Å². The first kappa shape index (κ1) is 35.5. The Labute approximate surface area is 266 Å². The number of hydrogen-bond acceptors (Lipinski definition) is 11. The summed E-state index contributed by atoms with van der Waals surface area (Å²) in [4.78, 5) is 32.6. The van der Waals surface area contributed by atoms with Crippen LogP contribution in [-0.4, -0.2) is 88.4 Å². The molecule has 2 aliphatic rings. The molecule has 45 heavy (non-hydrogen) atoms. The molecular formula is C32H49FN8O4. The van der Waals surface area contributed by atoms with Crippen LogP contribution >= 0.6 is 0 Å². The number of ether oxygens (including phenoxy) is 2. The highest BCUT2D eigenvalue weighted by Gasteiger charge is 2.29. The average Bonchev–Trinajstić information content (AvgIpc) is 3.70. The number of anilines is 2. The zero-order chi connectivity index (χ0) is 33.0. The second kappa shape index (κ2) is 16.9. The Bertz CT molecular complexity index is 1270. The second-order valence-corrected chi connectivity index (χ2v) is 12.0. The Hall–Kier alpha value is -4.00. The number of nitrogens with zero attached hydrogens (tertiary/aromatic N) is 7. The number of rotatable bonds is 12. The van der Waals surface area contributed by atoms with Crippen molar-refractivity contribution in [1.82, 2.24) is 30.3 Å². The summed E-state index contributed by atoms with van der Waals surface area (Å²) in [6.07, 6.45) is 9.25. The minimum atomic E-state index is -0.292. The fourth-order valence-electron chi connectivity index (χ4n) is 4.95. The van der Waals surface area contributed by atoms with E-state index < -0.39 is 0 Å². The number of carbonyl (C=O) groups is 1. The number of nitrogens with one attached hydrogen (secondary N) is 1. The zero-order valence-corrected chi connectivity index (χ0v) is 27.6. The van der Waals surface area contributed by atoms with Crippen LogP contribution in [0.5, 0.6) is 0 Å². The molecule has 1 N–H and O–H groups in total. The summed E-state index contributed by atoms with van der Waals surface area (Å²) < 4.78 is 28.3. The molecule has 2 fully saturated rings. The number of hydrogen-bond donors (Lipinski definition) is 1. The van der Waals surface area contributed by atoms with Gasteiger partial charge in [0.1, 0.15) is 18.0 Å². The number of halogens is 1. The fourth-order valence-corrected chi connectivity index (χ4v) is 4.95. The highest BCUT2D eigenvalue weighted by atomic mass is 19.1. The van der Waals surface area contributed by atoms with Gasteiger partial charge in [0.05, 0.1) is 5.56 Å². The highest BCUT2D eigenvalue weighted by molar-refractivity contribution is 5.93. The molecule has 0 saturated carbocycles. The van der Waals surface area contributed by atoms with Gasteiger partial charge in [-0.2, -0.15) is 4.98 Å². The van der Waals surface area contributed by atoms with Crippen molar-refractivity contribution in [3.05, 3.63) is 60.8 Å². The number of amides is 1. The van der Waals surface area contributed by atoms with Crippen LogP contribution in [-0.2, 0) is 16.1 Å². The largest absolute Gasteiger partial charge is 0.474 e.